The molecule has 2 rings (SSSR count). The van der Waals surface area contributed by atoms with E-state index in [0.717, 1.165) is 28.0 Å². The third-order valence-corrected chi connectivity index (χ3v) is 3.17. The summed E-state index contributed by atoms with van der Waals surface area (Å²) >= 11 is 0. The number of ether oxygens (including phenoxy) is 1. The van der Waals surface area contributed by atoms with E-state index in [2.05, 4.69) is 0 Å². The maximum atomic E-state index is 9.88. The first kappa shape index (κ1) is 10.3. The Morgan fingerprint density at radius 1 is 1.13 bits per heavy atom. The molecule has 0 aromatic heterocycles. The second kappa shape index (κ2) is 2.89. The lowest BCUT2D eigenvalue weighted by molar-refractivity contribution is -0.104. The van der Waals surface area contributed by atoms with Crippen LogP contribution in [0.25, 0.3) is 0 Å². The summed E-state index contributed by atoms with van der Waals surface area (Å²) in [5, 5.41) is 19.7. The van der Waals surface area contributed by atoms with Crippen LogP contribution in [0, 0.1) is 20.8 Å². The molecule has 1 heterocycles. The third-order valence-electron chi connectivity index (χ3n) is 3.17. The van der Waals surface area contributed by atoms with Crippen LogP contribution in [-0.4, -0.2) is 16.0 Å². The van der Waals surface area contributed by atoms with Crippen LogP contribution < -0.4 is 4.74 Å². The lowest BCUT2D eigenvalue weighted by Gasteiger charge is -2.16. The van der Waals surface area contributed by atoms with E-state index in [4.69, 9.17) is 4.74 Å². The number of hydrogen-bond acceptors (Lipinski definition) is 3. The molecule has 0 saturated heterocycles. The molecule has 1 aliphatic heterocycles. The van der Waals surface area contributed by atoms with Crippen LogP contribution in [0.1, 0.15) is 29.2 Å². The van der Waals surface area contributed by atoms with Gasteiger partial charge >= 0.3 is 0 Å². The van der Waals surface area contributed by atoms with Gasteiger partial charge in [-0.2, -0.15) is 0 Å². The topological polar surface area (TPSA) is 49.7 Å². The van der Waals surface area contributed by atoms with E-state index in [0.29, 0.717) is 12.2 Å². The Hall–Kier alpha value is -1.22. The molecule has 0 radical (unpaired) electrons. The summed E-state index contributed by atoms with van der Waals surface area (Å²) < 4.78 is 5.49. The van der Waals surface area contributed by atoms with Gasteiger partial charge in [-0.1, -0.05) is 0 Å². The zero-order valence-corrected chi connectivity index (χ0v) is 9.51. The molecule has 0 amide bonds. The van der Waals surface area contributed by atoms with Crippen molar-refractivity contribution in [3.05, 3.63) is 22.3 Å². The lowest BCUT2D eigenvalue weighted by Crippen LogP contribution is -2.29. The molecule has 0 aliphatic carbocycles. The Balaban J connectivity index is 2.69. The van der Waals surface area contributed by atoms with Gasteiger partial charge in [-0.15, -0.1) is 0 Å². The van der Waals surface area contributed by atoms with Crippen molar-refractivity contribution in [1.82, 2.24) is 0 Å². The molecule has 1 atom stereocenters. The highest BCUT2D eigenvalue weighted by molar-refractivity contribution is 5.59. The van der Waals surface area contributed by atoms with Gasteiger partial charge in [0.05, 0.1) is 0 Å². The van der Waals surface area contributed by atoms with Crippen molar-refractivity contribution in [2.45, 2.75) is 39.9 Å². The molecule has 1 aromatic rings. The van der Waals surface area contributed by atoms with E-state index in [1.165, 1.54) is 0 Å². The van der Waals surface area contributed by atoms with Crippen molar-refractivity contribution in [2.24, 2.45) is 0 Å². The Labute approximate surface area is 89.3 Å². The normalized spacial score (nSPS) is 23.8. The smallest absolute Gasteiger partial charge is 0.209 e. The van der Waals surface area contributed by atoms with E-state index in [-0.39, 0.29) is 0 Å². The molecule has 0 spiro atoms. The minimum absolute atomic E-state index is 0.313. The van der Waals surface area contributed by atoms with Gasteiger partial charge in [0, 0.05) is 18.9 Å². The highest BCUT2D eigenvalue weighted by atomic mass is 16.6. The van der Waals surface area contributed by atoms with Gasteiger partial charge in [-0.25, -0.2) is 0 Å². The number of aliphatic hydroxyl groups is 1. The van der Waals surface area contributed by atoms with E-state index >= 15 is 0 Å². The highest BCUT2D eigenvalue weighted by Crippen LogP contribution is 2.43. The van der Waals surface area contributed by atoms with Crippen LogP contribution in [-0.2, 0) is 6.42 Å². The lowest BCUT2D eigenvalue weighted by atomic mass is 9.96. The second-order valence-electron chi connectivity index (χ2n) is 4.49. The molecule has 1 unspecified atom stereocenters. The SMILES string of the molecule is Cc1c(C)c2c(c(C)c1O)CC(C)(O)O2. The van der Waals surface area contributed by atoms with Gasteiger partial charge in [-0.3, -0.25) is 0 Å². The average molecular weight is 208 g/mol. The zero-order valence-electron chi connectivity index (χ0n) is 9.51. The number of aromatic hydroxyl groups is 1. The predicted octanol–water partition coefficient (Wildman–Crippen LogP) is 1.96. The summed E-state index contributed by atoms with van der Waals surface area (Å²) in [6.45, 7) is 7.24. The van der Waals surface area contributed by atoms with Crippen LogP contribution in [0.15, 0.2) is 0 Å². The van der Waals surface area contributed by atoms with Gasteiger partial charge in [-0.05, 0) is 37.5 Å². The third kappa shape index (κ3) is 1.38. The molecule has 2 N–H and O–H groups in total. The maximum Gasteiger partial charge on any atom is 0.209 e. The molecule has 1 aromatic carbocycles. The number of hydrogen-bond donors (Lipinski definition) is 2. The quantitative estimate of drug-likeness (QED) is 0.685. The Bertz CT molecular complexity index is 394. The Morgan fingerprint density at radius 2 is 1.73 bits per heavy atom. The van der Waals surface area contributed by atoms with Crippen molar-refractivity contribution < 1.29 is 14.9 Å². The predicted molar refractivity (Wildman–Crippen MR) is 57.3 cm³/mol. The van der Waals surface area contributed by atoms with Crippen LogP contribution in [0.5, 0.6) is 11.5 Å². The van der Waals surface area contributed by atoms with E-state index < -0.39 is 5.79 Å². The summed E-state index contributed by atoms with van der Waals surface area (Å²) in [6, 6.07) is 0. The summed E-state index contributed by atoms with van der Waals surface area (Å²) in [7, 11) is 0. The first-order chi connectivity index (χ1) is 6.83. The van der Waals surface area contributed by atoms with Gasteiger partial charge in [0.1, 0.15) is 11.5 Å². The summed E-state index contributed by atoms with van der Waals surface area (Å²) in [5.74, 6) is -0.0988. The van der Waals surface area contributed by atoms with Crippen molar-refractivity contribution in [1.29, 1.82) is 0 Å². The number of phenols is 1. The van der Waals surface area contributed by atoms with Crippen molar-refractivity contribution in [3.8, 4) is 11.5 Å². The van der Waals surface area contributed by atoms with Crippen LogP contribution in [0.2, 0.25) is 0 Å². The Morgan fingerprint density at radius 3 is 2.33 bits per heavy atom. The largest absolute Gasteiger partial charge is 0.507 e. The van der Waals surface area contributed by atoms with Crippen molar-refractivity contribution >= 4 is 0 Å². The first-order valence-electron chi connectivity index (χ1n) is 5.06. The monoisotopic (exact) mass is 208 g/mol. The maximum absolute atomic E-state index is 9.88. The fourth-order valence-corrected chi connectivity index (χ4v) is 2.10. The molecule has 3 heteroatoms. The first-order valence-corrected chi connectivity index (χ1v) is 5.06. The molecule has 0 fully saturated rings. The van der Waals surface area contributed by atoms with Gasteiger partial charge < -0.3 is 14.9 Å². The number of fused-ring (bicyclic) bond motifs is 1. The standard InChI is InChI=1S/C12H16O3/c1-6-7(2)11-9(8(3)10(6)13)5-12(4,14)15-11/h13-14H,5H2,1-4H3. The summed E-state index contributed by atoms with van der Waals surface area (Å²) in [4.78, 5) is 0. The highest BCUT2D eigenvalue weighted by Gasteiger charge is 2.36. The number of phenolic OH excluding ortho intramolecular Hbond substituents is 1. The minimum Gasteiger partial charge on any atom is -0.507 e. The molecule has 0 saturated carbocycles. The fraction of sp³-hybridized carbons (Fsp3) is 0.500. The molecule has 0 bridgehead atoms. The molecule has 1 aliphatic rings. The molecule has 3 nitrogen and oxygen atoms in total. The van der Waals surface area contributed by atoms with Crippen LogP contribution in [0.4, 0.5) is 0 Å². The number of benzene rings is 1. The molecular formula is C12H16O3. The summed E-state index contributed by atoms with van der Waals surface area (Å²) in [6.07, 6.45) is 0.433. The van der Waals surface area contributed by atoms with E-state index in [1.54, 1.807) is 6.92 Å². The molecular weight excluding hydrogens is 192 g/mol. The Kier molecular flexibility index (Phi) is 1.98. The van der Waals surface area contributed by atoms with Crippen molar-refractivity contribution in [2.75, 3.05) is 0 Å². The van der Waals surface area contributed by atoms with Crippen LogP contribution in [0.3, 0.4) is 0 Å². The minimum atomic E-state index is -1.14. The zero-order chi connectivity index (χ0) is 11.4. The van der Waals surface area contributed by atoms with Crippen LogP contribution >= 0.6 is 0 Å². The second-order valence-corrected chi connectivity index (χ2v) is 4.49. The number of rotatable bonds is 0. The fourth-order valence-electron chi connectivity index (χ4n) is 2.10. The summed E-state index contributed by atoms with van der Waals surface area (Å²) in [5.41, 5.74) is 3.46. The van der Waals surface area contributed by atoms with E-state index in [1.807, 2.05) is 20.8 Å². The molecule has 82 valence electrons. The van der Waals surface area contributed by atoms with Gasteiger partial charge in [0.25, 0.3) is 0 Å². The van der Waals surface area contributed by atoms with Crippen molar-refractivity contribution in [3.63, 3.8) is 0 Å². The average Bonchev–Trinajstić information content (AvgIpc) is 2.48. The molecule has 15 heavy (non-hydrogen) atoms. The van der Waals surface area contributed by atoms with E-state index in [9.17, 15) is 10.2 Å². The van der Waals surface area contributed by atoms with Gasteiger partial charge in [0.15, 0.2) is 0 Å². The van der Waals surface area contributed by atoms with Gasteiger partial charge in [0.2, 0.25) is 5.79 Å².